The highest BCUT2D eigenvalue weighted by molar-refractivity contribution is 9.10. The lowest BCUT2D eigenvalue weighted by Gasteiger charge is -2.11. The highest BCUT2D eigenvalue weighted by Gasteiger charge is 2.20. The molecule has 14 heavy (non-hydrogen) atoms. The van der Waals surface area contributed by atoms with Gasteiger partial charge in [-0.2, -0.15) is 0 Å². The molecule has 0 amide bonds. The van der Waals surface area contributed by atoms with Gasteiger partial charge >= 0.3 is 5.97 Å². The molecule has 1 atom stereocenters. The van der Waals surface area contributed by atoms with E-state index in [1.807, 2.05) is 0 Å². The third kappa shape index (κ3) is 2.26. The minimum atomic E-state index is -0.912. The fourth-order valence-corrected chi connectivity index (χ4v) is 1.69. The van der Waals surface area contributed by atoms with Crippen molar-refractivity contribution in [3.8, 4) is 5.75 Å². The Labute approximate surface area is 90.5 Å². The van der Waals surface area contributed by atoms with Crippen molar-refractivity contribution >= 4 is 21.9 Å². The van der Waals surface area contributed by atoms with Crippen LogP contribution in [0.3, 0.4) is 0 Å². The van der Waals surface area contributed by atoms with Crippen molar-refractivity contribution in [1.29, 1.82) is 0 Å². The standard InChI is InChI=1S/C10H11BrO3/c1-2-7(10(13)14)8-4-3-6(11)5-9(8)12/h3-5,7,12H,2H2,1H3,(H,13,14). The van der Waals surface area contributed by atoms with Crippen LogP contribution in [0.5, 0.6) is 5.75 Å². The number of phenols is 1. The molecule has 76 valence electrons. The number of carbonyl (C=O) groups is 1. The first-order valence-electron chi connectivity index (χ1n) is 4.27. The largest absolute Gasteiger partial charge is 0.508 e. The molecule has 4 heteroatoms. The van der Waals surface area contributed by atoms with Crippen LogP contribution in [0.4, 0.5) is 0 Å². The summed E-state index contributed by atoms with van der Waals surface area (Å²) in [5.41, 5.74) is 0.461. The van der Waals surface area contributed by atoms with Crippen molar-refractivity contribution in [3.63, 3.8) is 0 Å². The van der Waals surface area contributed by atoms with Crippen LogP contribution in [0.25, 0.3) is 0 Å². The molecule has 0 aliphatic heterocycles. The number of rotatable bonds is 3. The summed E-state index contributed by atoms with van der Waals surface area (Å²) < 4.78 is 0.735. The first-order valence-corrected chi connectivity index (χ1v) is 5.06. The second-order valence-corrected chi connectivity index (χ2v) is 3.92. The van der Waals surface area contributed by atoms with Crippen LogP contribution in [-0.2, 0) is 4.79 Å². The van der Waals surface area contributed by atoms with E-state index in [1.165, 1.54) is 6.07 Å². The number of hydrogen-bond donors (Lipinski definition) is 2. The molecule has 1 unspecified atom stereocenters. The van der Waals surface area contributed by atoms with Gasteiger partial charge in [-0.3, -0.25) is 4.79 Å². The molecule has 0 aliphatic carbocycles. The zero-order valence-electron chi connectivity index (χ0n) is 7.70. The average molecular weight is 259 g/mol. The number of aromatic hydroxyl groups is 1. The maximum atomic E-state index is 10.8. The minimum absolute atomic E-state index is 0.0219. The van der Waals surface area contributed by atoms with Crippen molar-refractivity contribution in [3.05, 3.63) is 28.2 Å². The maximum absolute atomic E-state index is 10.8. The maximum Gasteiger partial charge on any atom is 0.311 e. The predicted octanol–water partition coefficient (Wildman–Crippen LogP) is 2.73. The number of halogens is 1. The van der Waals surface area contributed by atoms with Gasteiger partial charge in [0.05, 0.1) is 5.92 Å². The molecular weight excluding hydrogens is 248 g/mol. The smallest absolute Gasteiger partial charge is 0.311 e. The van der Waals surface area contributed by atoms with Gasteiger partial charge in [0.15, 0.2) is 0 Å². The summed E-state index contributed by atoms with van der Waals surface area (Å²) in [7, 11) is 0. The van der Waals surface area contributed by atoms with Crippen LogP contribution in [0.15, 0.2) is 22.7 Å². The van der Waals surface area contributed by atoms with Crippen molar-refractivity contribution in [2.24, 2.45) is 0 Å². The van der Waals surface area contributed by atoms with E-state index in [-0.39, 0.29) is 5.75 Å². The quantitative estimate of drug-likeness (QED) is 0.877. The summed E-state index contributed by atoms with van der Waals surface area (Å²) in [4.78, 5) is 10.8. The Hall–Kier alpha value is -1.03. The Kier molecular flexibility index (Phi) is 3.52. The number of phenolic OH excluding ortho intramolecular Hbond substituents is 1. The summed E-state index contributed by atoms with van der Waals surface area (Å²) in [6.45, 7) is 1.78. The molecule has 1 aromatic rings. The summed E-state index contributed by atoms with van der Waals surface area (Å²) >= 11 is 3.20. The van der Waals surface area contributed by atoms with Crippen molar-refractivity contribution in [1.82, 2.24) is 0 Å². The lowest BCUT2D eigenvalue weighted by Crippen LogP contribution is -2.10. The van der Waals surface area contributed by atoms with E-state index in [0.717, 1.165) is 4.47 Å². The van der Waals surface area contributed by atoms with E-state index in [4.69, 9.17) is 5.11 Å². The molecular formula is C10H11BrO3. The summed E-state index contributed by atoms with van der Waals surface area (Å²) in [5.74, 6) is -1.53. The highest BCUT2D eigenvalue weighted by atomic mass is 79.9. The number of benzene rings is 1. The molecule has 0 bridgehead atoms. The van der Waals surface area contributed by atoms with Gasteiger partial charge in [0.2, 0.25) is 0 Å². The van der Waals surface area contributed by atoms with E-state index in [0.29, 0.717) is 12.0 Å². The summed E-state index contributed by atoms with van der Waals surface area (Å²) in [5, 5.41) is 18.4. The second-order valence-electron chi connectivity index (χ2n) is 3.00. The number of hydrogen-bond acceptors (Lipinski definition) is 2. The van der Waals surface area contributed by atoms with Gasteiger partial charge in [-0.25, -0.2) is 0 Å². The molecule has 0 saturated carbocycles. The lowest BCUT2D eigenvalue weighted by molar-refractivity contribution is -0.138. The van der Waals surface area contributed by atoms with E-state index >= 15 is 0 Å². The molecule has 0 aromatic heterocycles. The van der Waals surface area contributed by atoms with Crippen LogP contribution in [-0.4, -0.2) is 16.2 Å². The number of carboxylic acid groups (broad SMARTS) is 1. The van der Waals surface area contributed by atoms with E-state index in [9.17, 15) is 9.90 Å². The summed E-state index contributed by atoms with van der Waals surface area (Å²) in [6.07, 6.45) is 0.463. The molecule has 0 radical (unpaired) electrons. The van der Waals surface area contributed by atoms with Gasteiger partial charge in [0.25, 0.3) is 0 Å². The normalized spacial score (nSPS) is 12.4. The fraction of sp³-hybridized carbons (Fsp3) is 0.300. The van der Waals surface area contributed by atoms with E-state index < -0.39 is 11.9 Å². The topological polar surface area (TPSA) is 57.5 Å². The molecule has 2 N–H and O–H groups in total. The van der Waals surface area contributed by atoms with Gasteiger partial charge in [-0.15, -0.1) is 0 Å². The van der Waals surface area contributed by atoms with Gasteiger partial charge in [-0.1, -0.05) is 28.9 Å². The Morgan fingerprint density at radius 3 is 2.64 bits per heavy atom. The third-order valence-corrected chi connectivity index (χ3v) is 2.57. The number of carboxylic acids is 1. The molecule has 3 nitrogen and oxygen atoms in total. The van der Waals surface area contributed by atoms with Crippen molar-refractivity contribution < 1.29 is 15.0 Å². The van der Waals surface area contributed by atoms with Crippen LogP contribution in [0, 0.1) is 0 Å². The second kappa shape index (κ2) is 4.46. The third-order valence-electron chi connectivity index (χ3n) is 2.07. The number of aliphatic carboxylic acids is 1. The SMILES string of the molecule is CCC(C(=O)O)c1ccc(Br)cc1O. The van der Waals surface area contributed by atoms with Crippen LogP contribution in [0.2, 0.25) is 0 Å². The molecule has 0 fully saturated rings. The Balaban J connectivity index is 3.10. The molecule has 0 heterocycles. The Morgan fingerprint density at radius 1 is 1.57 bits per heavy atom. The molecule has 0 spiro atoms. The Bertz CT molecular complexity index is 349. The van der Waals surface area contributed by atoms with Crippen LogP contribution in [0.1, 0.15) is 24.8 Å². The molecule has 0 aliphatic rings. The van der Waals surface area contributed by atoms with Gasteiger partial charge < -0.3 is 10.2 Å². The van der Waals surface area contributed by atoms with Crippen LogP contribution < -0.4 is 0 Å². The summed E-state index contributed by atoms with van der Waals surface area (Å²) in [6, 6.07) is 4.85. The molecule has 1 aromatic carbocycles. The van der Waals surface area contributed by atoms with Gasteiger partial charge in [0.1, 0.15) is 5.75 Å². The first kappa shape index (κ1) is 11.0. The highest BCUT2D eigenvalue weighted by Crippen LogP contribution is 2.30. The van der Waals surface area contributed by atoms with Crippen molar-refractivity contribution in [2.75, 3.05) is 0 Å². The van der Waals surface area contributed by atoms with Crippen LogP contribution >= 0.6 is 15.9 Å². The minimum Gasteiger partial charge on any atom is -0.508 e. The molecule has 1 rings (SSSR count). The van der Waals surface area contributed by atoms with Gasteiger partial charge in [-0.05, 0) is 18.6 Å². The van der Waals surface area contributed by atoms with Gasteiger partial charge in [0, 0.05) is 10.0 Å². The zero-order chi connectivity index (χ0) is 10.7. The first-order chi connectivity index (χ1) is 6.56. The van der Waals surface area contributed by atoms with Crippen molar-refractivity contribution in [2.45, 2.75) is 19.3 Å². The average Bonchev–Trinajstić information content (AvgIpc) is 2.09. The fourth-order valence-electron chi connectivity index (χ4n) is 1.34. The molecule has 0 saturated heterocycles. The zero-order valence-corrected chi connectivity index (χ0v) is 9.28. The Morgan fingerprint density at radius 2 is 2.21 bits per heavy atom. The predicted molar refractivity (Wildman–Crippen MR) is 56.5 cm³/mol. The monoisotopic (exact) mass is 258 g/mol. The lowest BCUT2D eigenvalue weighted by atomic mass is 9.96. The van der Waals surface area contributed by atoms with E-state index in [2.05, 4.69) is 15.9 Å². The van der Waals surface area contributed by atoms with E-state index in [1.54, 1.807) is 19.1 Å².